The lowest BCUT2D eigenvalue weighted by molar-refractivity contribution is 0.103. The molecule has 3 rings (SSSR count). The minimum atomic E-state index is -0.197. The zero-order chi connectivity index (χ0) is 16.7. The molecule has 0 aliphatic rings. The van der Waals surface area contributed by atoms with E-state index in [9.17, 15) is 4.79 Å². The fraction of sp³-hybridized carbons (Fsp3) is 0.167. The summed E-state index contributed by atoms with van der Waals surface area (Å²) in [7, 11) is 0. The van der Waals surface area contributed by atoms with Gasteiger partial charge in [0, 0.05) is 15.4 Å². The first kappa shape index (κ1) is 15.6. The Labute approximate surface area is 142 Å². The van der Waals surface area contributed by atoms with Crippen molar-refractivity contribution < 1.29 is 4.79 Å². The largest absolute Gasteiger partial charge is 0.396 e. The van der Waals surface area contributed by atoms with Crippen molar-refractivity contribution >= 4 is 38.3 Å². The third-order valence-corrected chi connectivity index (χ3v) is 4.87. The van der Waals surface area contributed by atoms with Crippen molar-refractivity contribution in [3.05, 3.63) is 62.8 Å². The lowest BCUT2D eigenvalue weighted by Gasteiger charge is -2.11. The van der Waals surface area contributed by atoms with Crippen molar-refractivity contribution in [2.24, 2.45) is 0 Å². The number of aryl methyl sites for hydroxylation is 3. The quantitative estimate of drug-likeness (QED) is 0.689. The number of fused-ring (bicyclic) bond motifs is 1. The molecule has 116 valence electrons. The van der Waals surface area contributed by atoms with Crippen LogP contribution in [-0.4, -0.2) is 16.0 Å². The minimum absolute atomic E-state index is 0.197. The van der Waals surface area contributed by atoms with E-state index in [1.807, 2.05) is 51.1 Å². The molecule has 0 radical (unpaired) electrons. The van der Waals surface area contributed by atoms with Gasteiger partial charge in [-0.15, -0.1) is 10.2 Å². The highest BCUT2D eigenvalue weighted by Gasteiger charge is 2.20. The summed E-state index contributed by atoms with van der Waals surface area (Å²) in [4.78, 5) is 12.9. The number of nitrogens with zero attached hydrogens (tertiary/aromatic N) is 2. The van der Waals surface area contributed by atoms with Gasteiger partial charge in [-0.3, -0.25) is 4.79 Å². The first-order valence-electron chi connectivity index (χ1n) is 7.23. The Morgan fingerprint density at radius 2 is 1.83 bits per heavy atom. The summed E-state index contributed by atoms with van der Waals surface area (Å²) in [5, 5.41) is 9.02. The Morgan fingerprint density at radius 3 is 2.57 bits per heavy atom. The van der Waals surface area contributed by atoms with Gasteiger partial charge in [0.1, 0.15) is 0 Å². The van der Waals surface area contributed by atoms with Crippen LogP contribution in [0, 0.1) is 20.8 Å². The molecule has 0 saturated heterocycles. The molecule has 4 nitrogen and oxygen atoms in total. The summed E-state index contributed by atoms with van der Waals surface area (Å²) in [5.41, 5.74) is 11.0. The van der Waals surface area contributed by atoms with Crippen LogP contribution in [0.25, 0.3) is 10.9 Å². The number of carbonyl (C=O) groups excluding carboxylic acids is 1. The highest BCUT2D eigenvalue weighted by molar-refractivity contribution is 9.10. The number of rotatable bonds is 2. The summed E-state index contributed by atoms with van der Waals surface area (Å²) in [6, 6.07) is 9.49. The minimum Gasteiger partial charge on any atom is -0.396 e. The SMILES string of the molecule is Cc1ccc(C)c(C(=O)c2nnc3ccc(Br)c(C)c3c2N)c1. The van der Waals surface area contributed by atoms with Crippen LogP contribution in [0.3, 0.4) is 0 Å². The van der Waals surface area contributed by atoms with E-state index >= 15 is 0 Å². The van der Waals surface area contributed by atoms with Gasteiger partial charge in [-0.2, -0.15) is 0 Å². The zero-order valence-corrected chi connectivity index (χ0v) is 14.7. The molecule has 23 heavy (non-hydrogen) atoms. The van der Waals surface area contributed by atoms with E-state index in [-0.39, 0.29) is 11.5 Å². The van der Waals surface area contributed by atoms with Gasteiger partial charge in [-0.1, -0.05) is 33.6 Å². The number of carbonyl (C=O) groups is 1. The second-order valence-corrected chi connectivity index (χ2v) is 6.53. The lowest BCUT2D eigenvalue weighted by atomic mass is 9.98. The molecule has 1 aromatic heterocycles. The van der Waals surface area contributed by atoms with E-state index < -0.39 is 0 Å². The molecule has 0 spiro atoms. The second kappa shape index (κ2) is 5.74. The zero-order valence-electron chi connectivity index (χ0n) is 13.1. The third-order valence-electron chi connectivity index (χ3n) is 4.01. The van der Waals surface area contributed by atoms with Crippen molar-refractivity contribution in [1.82, 2.24) is 10.2 Å². The molecule has 0 bridgehead atoms. The Balaban J connectivity index is 2.24. The Hall–Kier alpha value is -2.27. The molecular weight excluding hydrogens is 354 g/mol. The predicted molar refractivity (Wildman–Crippen MR) is 95.7 cm³/mol. The van der Waals surface area contributed by atoms with E-state index in [0.29, 0.717) is 16.8 Å². The number of halogens is 1. The van der Waals surface area contributed by atoms with E-state index in [1.54, 1.807) is 0 Å². The van der Waals surface area contributed by atoms with Gasteiger partial charge in [0.25, 0.3) is 0 Å². The first-order chi connectivity index (χ1) is 10.9. The number of nitrogens with two attached hydrogens (primary N) is 1. The number of anilines is 1. The second-order valence-electron chi connectivity index (χ2n) is 5.68. The molecule has 0 aliphatic heterocycles. The number of hydrogen-bond acceptors (Lipinski definition) is 4. The standard InChI is InChI=1S/C18H16BrN3O/c1-9-4-5-10(2)12(8-9)18(23)17-16(20)15-11(3)13(19)6-7-14(15)21-22-17/h4-8H,1-3H3,(H2,20,21). The van der Waals surface area contributed by atoms with Crippen LogP contribution in [0.5, 0.6) is 0 Å². The summed E-state index contributed by atoms with van der Waals surface area (Å²) >= 11 is 3.49. The Kier molecular flexibility index (Phi) is 3.90. The topological polar surface area (TPSA) is 68.9 Å². The van der Waals surface area contributed by atoms with Crippen LogP contribution >= 0.6 is 15.9 Å². The molecule has 0 atom stereocenters. The van der Waals surface area contributed by atoms with Crippen LogP contribution in [-0.2, 0) is 0 Å². The highest BCUT2D eigenvalue weighted by atomic mass is 79.9. The number of ketones is 1. The lowest BCUT2D eigenvalue weighted by Crippen LogP contribution is -2.12. The number of hydrogen-bond donors (Lipinski definition) is 1. The van der Waals surface area contributed by atoms with Crippen LogP contribution in [0.15, 0.2) is 34.8 Å². The van der Waals surface area contributed by atoms with Gasteiger partial charge >= 0.3 is 0 Å². The predicted octanol–water partition coefficient (Wildman–Crippen LogP) is 4.13. The average Bonchev–Trinajstić information content (AvgIpc) is 2.53. The third kappa shape index (κ3) is 2.61. The Bertz CT molecular complexity index is 951. The molecule has 0 amide bonds. The first-order valence-corrected chi connectivity index (χ1v) is 8.02. The fourth-order valence-electron chi connectivity index (χ4n) is 2.65. The molecule has 5 heteroatoms. The van der Waals surface area contributed by atoms with Gasteiger partial charge in [-0.25, -0.2) is 0 Å². The maximum absolute atomic E-state index is 12.9. The molecule has 2 N–H and O–H groups in total. The molecule has 0 unspecified atom stereocenters. The molecule has 0 aliphatic carbocycles. The van der Waals surface area contributed by atoms with Crippen LogP contribution in [0.1, 0.15) is 32.7 Å². The number of aromatic nitrogens is 2. The van der Waals surface area contributed by atoms with Gasteiger partial charge in [-0.05, 0) is 50.1 Å². The van der Waals surface area contributed by atoms with E-state index in [2.05, 4.69) is 26.1 Å². The van der Waals surface area contributed by atoms with Gasteiger partial charge < -0.3 is 5.73 Å². The van der Waals surface area contributed by atoms with Crippen LogP contribution < -0.4 is 5.73 Å². The summed E-state index contributed by atoms with van der Waals surface area (Å²) in [6.45, 7) is 5.79. The van der Waals surface area contributed by atoms with Gasteiger partial charge in [0.2, 0.25) is 5.78 Å². The fourth-order valence-corrected chi connectivity index (χ4v) is 2.98. The molecule has 3 aromatic rings. The normalized spacial score (nSPS) is 11.0. The number of benzene rings is 2. The van der Waals surface area contributed by atoms with Gasteiger partial charge in [0.15, 0.2) is 5.69 Å². The van der Waals surface area contributed by atoms with E-state index in [0.717, 1.165) is 26.5 Å². The maximum atomic E-state index is 12.9. The summed E-state index contributed by atoms with van der Waals surface area (Å²) < 4.78 is 0.926. The van der Waals surface area contributed by atoms with Crippen molar-refractivity contribution in [3.8, 4) is 0 Å². The summed E-state index contributed by atoms with van der Waals surface area (Å²) in [5.74, 6) is -0.197. The van der Waals surface area contributed by atoms with Crippen molar-refractivity contribution in [2.45, 2.75) is 20.8 Å². The van der Waals surface area contributed by atoms with E-state index in [1.165, 1.54) is 0 Å². The Morgan fingerprint density at radius 1 is 1.09 bits per heavy atom. The molecular formula is C18H16BrN3O. The molecule has 1 heterocycles. The van der Waals surface area contributed by atoms with E-state index in [4.69, 9.17) is 5.73 Å². The van der Waals surface area contributed by atoms with Gasteiger partial charge in [0.05, 0.1) is 11.2 Å². The van der Waals surface area contributed by atoms with Crippen LogP contribution in [0.2, 0.25) is 0 Å². The molecule has 0 fully saturated rings. The molecule has 0 saturated carbocycles. The maximum Gasteiger partial charge on any atom is 0.215 e. The monoisotopic (exact) mass is 369 g/mol. The van der Waals surface area contributed by atoms with Crippen molar-refractivity contribution in [2.75, 3.05) is 5.73 Å². The van der Waals surface area contributed by atoms with Crippen molar-refractivity contribution in [3.63, 3.8) is 0 Å². The smallest absolute Gasteiger partial charge is 0.215 e. The van der Waals surface area contributed by atoms with Crippen molar-refractivity contribution in [1.29, 1.82) is 0 Å². The van der Waals surface area contributed by atoms with Crippen LogP contribution in [0.4, 0.5) is 5.69 Å². The average molecular weight is 370 g/mol. The number of nitrogen functional groups attached to an aromatic ring is 1. The molecule has 2 aromatic carbocycles. The highest BCUT2D eigenvalue weighted by Crippen LogP contribution is 2.31. The summed E-state index contributed by atoms with van der Waals surface area (Å²) in [6.07, 6.45) is 0.